The van der Waals surface area contributed by atoms with E-state index in [-0.39, 0.29) is 25.1 Å². The molecule has 1 aromatic carbocycles. The van der Waals surface area contributed by atoms with Crippen LogP contribution in [0.25, 0.3) is 0 Å². The molecule has 1 aliphatic heterocycles. The smallest absolute Gasteiger partial charge is 0.317 e. The molecular weight excluding hydrogens is 360 g/mol. The van der Waals surface area contributed by atoms with Crippen LogP contribution in [0.3, 0.4) is 0 Å². The number of aliphatic hydroxyl groups is 1. The summed E-state index contributed by atoms with van der Waals surface area (Å²) in [7, 11) is 0. The number of hydrogen-bond acceptors (Lipinski definition) is 4. The highest BCUT2D eigenvalue weighted by Gasteiger charge is 2.30. The number of aryl methyl sites for hydroxylation is 1. The summed E-state index contributed by atoms with van der Waals surface area (Å²) in [6.07, 6.45) is 4.48. The number of carboxylic acids is 1. The Hall–Kier alpha value is -2.28. The van der Waals surface area contributed by atoms with Crippen molar-refractivity contribution >= 4 is 12.0 Å². The molecule has 1 fully saturated rings. The summed E-state index contributed by atoms with van der Waals surface area (Å²) in [4.78, 5) is 24.4. The van der Waals surface area contributed by atoms with Crippen LogP contribution < -0.4 is 10.1 Å². The van der Waals surface area contributed by atoms with Gasteiger partial charge in [-0.2, -0.15) is 0 Å². The third kappa shape index (κ3) is 7.38. The van der Waals surface area contributed by atoms with E-state index in [4.69, 9.17) is 9.84 Å². The molecule has 1 heterocycles. The Bertz CT molecular complexity index is 637. The first kappa shape index (κ1) is 22.0. The molecule has 2 unspecified atom stereocenters. The minimum absolute atomic E-state index is 0.0806. The number of nitrogens with one attached hydrogen (secondary N) is 1. The highest BCUT2D eigenvalue weighted by atomic mass is 16.5. The number of para-hydroxylation sites is 1. The lowest BCUT2D eigenvalue weighted by atomic mass is 10.1. The van der Waals surface area contributed by atoms with E-state index in [2.05, 4.69) is 5.32 Å². The van der Waals surface area contributed by atoms with Crippen molar-refractivity contribution < 1.29 is 24.5 Å². The average Bonchev–Trinajstić information content (AvgIpc) is 3.01. The van der Waals surface area contributed by atoms with E-state index in [1.807, 2.05) is 31.2 Å². The first-order valence-electron chi connectivity index (χ1n) is 10.1. The maximum absolute atomic E-state index is 12.1. The Kier molecular flexibility index (Phi) is 9.07. The normalized spacial score (nSPS) is 17.4. The monoisotopic (exact) mass is 392 g/mol. The van der Waals surface area contributed by atoms with Gasteiger partial charge in [0.25, 0.3) is 0 Å². The van der Waals surface area contributed by atoms with Crippen molar-refractivity contribution in [3.63, 3.8) is 0 Å². The van der Waals surface area contributed by atoms with Crippen molar-refractivity contribution in [2.75, 3.05) is 19.7 Å². The number of unbranched alkanes of at least 4 members (excludes halogenated alkanes) is 3. The van der Waals surface area contributed by atoms with Gasteiger partial charge in [0.15, 0.2) is 0 Å². The van der Waals surface area contributed by atoms with Crippen LogP contribution >= 0.6 is 0 Å². The maximum atomic E-state index is 12.1. The number of aliphatic carboxylic acids is 1. The summed E-state index contributed by atoms with van der Waals surface area (Å²) in [6, 6.07) is 7.73. The van der Waals surface area contributed by atoms with E-state index in [1.54, 1.807) is 4.90 Å². The quantitative estimate of drug-likeness (QED) is 0.448. The van der Waals surface area contributed by atoms with Gasteiger partial charge in [0.2, 0.25) is 0 Å². The van der Waals surface area contributed by atoms with Gasteiger partial charge in [-0.3, -0.25) is 4.79 Å². The van der Waals surface area contributed by atoms with Gasteiger partial charge < -0.3 is 25.2 Å². The van der Waals surface area contributed by atoms with Crippen LogP contribution in [-0.2, 0) is 4.79 Å². The van der Waals surface area contributed by atoms with Gasteiger partial charge in [0, 0.05) is 19.5 Å². The second-order valence-electron chi connectivity index (χ2n) is 7.40. The molecule has 1 aromatic rings. The lowest BCUT2D eigenvalue weighted by molar-refractivity contribution is -0.137. The van der Waals surface area contributed by atoms with Crippen molar-refractivity contribution in [2.45, 2.75) is 64.0 Å². The summed E-state index contributed by atoms with van der Waals surface area (Å²) in [5.74, 6) is 0.0166. The zero-order valence-corrected chi connectivity index (χ0v) is 16.6. The molecule has 0 bridgehead atoms. The number of rotatable bonds is 13. The molecule has 0 aliphatic carbocycles. The maximum Gasteiger partial charge on any atom is 0.317 e. The molecule has 0 radical (unpaired) electrons. The van der Waals surface area contributed by atoms with Crippen molar-refractivity contribution in [2.24, 2.45) is 0 Å². The van der Waals surface area contributed by atoms with Crippen molar-refractivity contribution in [1.82, 2.24) is 10.2 Å². The third-order valence-corrected chi connectivity index (χ3v) is 5.10. The van der Waals surface area contributed by atoms with Gasteiger partial charge in [0.1, 0.15) is 12.4 Å². The first-order chi connectivity index (χ1) is 13.5. The lowest BCUT2D eigenvalue weighted by Gasteiger charge is -2.24. The van der Waals surface area contributed by atoms with E-state index >= 15 is 0 Å². The van der Waals surface area contributed by atoms with Gasteiger partial charge >= 0.3 is 12.0 Å². The van der Waals surface area contributed by atoms with E-state index in [9.17, 15) is 14.7 Å². The van der Waals surface area contributed by atoms with E-state index in [0.717, 1.165) is 37.0 Å². The Morgan fingerprint density at radius 2 is 2.04 bits per heavy atom. The number of amides is 2. The second-order valence-corrected chi connectivity index (χ2v) is 7.40. The summed E-state index contributed by atoms with van der Waals surface area (Å²) < 4.78 is 5.68. The molecule has 0 aromatic heterocycles. The number of nitrogens with zero attached hydrogens (tertiary/aromatic N) is 1. The van der Waals surface area contributed by atoms with Crippen LogP contribution in [0.15, 0.2) is 24.3 Å². The lowest BCUT2D eigenvalue weighted by Crippen LogP contribution is -2.37. The fourth-order valence-electron chi connectivity index (χ4n) is 3.41. The number of carbonyl (C=O) groups is 2. The van der Waals surface area contributed by atoms with E-state index < -0.39 is 12.1 Å². The fraction of sp³-hybridized carbons (Fsp3) is 0.619. The molecule has 0 spiro atoms. The predicted molar refractivity (Wildman–Crippen MR) is 107 cm³/mol. The summed E-state index contributed by atoms with van der Waals surface area (Å²) in [5.41, 5.74) is 1.03. The van der Waals surface area contributed by atoms with Gasteiger partial charge in [0.05, 0.1) is 12.1 Å². The second kappa shape index (κ2) is 11.5. The molecule has 7 heteroatoms. The standard InChI is InChI=1S/C21H32N2O5/c1-16-8-6-7-10-19(16)28-15-18(24)12-13-23-17(14-22-21(23)27)9-4-2-3-5-11-20(25)26/h6-8,10,17-18,24H,2-5,9,11-15H2,1H3,(H,22,27)(H,25,26). The molecule has 3 N–H and O–H groups in total. The largest absolute Gasteiger partial charge is 0.491 e. The highest BCUT2D eigenvalue weighted by Crippen LogP contribution is 2.18. The number of aliphatic hydroxyl groups excluding tert-OH is 1. The van der Waals surface area contributed by atoms with Gasteiger partial charge in [-0.15, -0.1) is 0 Å². The Morgan fingerprint density at radius 1 is 1.29 bits per heavy atom. The molecule has 2 rings (SSSR count). The van der Waals surface area contributed by atoms with Crippen molar-refractivity contribution in [3.8, 4) is 5.75 Å². The molecule has 156 valence electrons. The van der Waals surface area contributed by atoms with Crippen LogP contribution in [0.5, 0.6) is 5.75 Å². The Balaban J connectivity index is 1.66. The molecule has 2 amide bonds. The average molecular weight is 392 g/mol. The number of carboxylic acid groups (broad SMARTS) is 1. The summed E-state index contributed by atoms with van der Waals surface area (Å²) in [5, 5.41) is 21.7. The first-order valence-corrected chi connectivity index (χ1v) is 10.1. The van der Waals surface area contributed by atoms with E-state index in [1.165, 1.54) is 0 Å². The number of ether oxygens (including phenoxy) is 1. The molecule has 2 atom stereocenters. The number of benzene rings is 1. The van der Waals surface area contributed by atoms with Crippen LogP contribution in [0, 0.1) is 6.92 Å². The minimum Gasteiger partial charge on any atom is -0.491 e. The molecule has 7 nitrogen and oxygen atoms in total. The topological polar surface area (TPSA) is 99.1 Å². The molecule has 28 heavy (non-hydrogen) atoms. The Labute approximate surface area is 166 Å². The molecule has 1 aliphatic rings. The Morgan fingerprint density at radius 3 is 2.79 bits per heavy atom. The number of hydrogen-bond donors (Lipinski definition) is 3. The predicted octanol–water partition coefficient (Wildman–Crippen LogP) is 2.94. The highest BCUT2D eigenvalue weighted by molar-refractivity contribution is 5.76. The SMILES string of the molecule is Cc1ccccc1OCC(O)CCN1C(=O)NCC1CCCCCCC(=O)O. The number of urea groups is 1. The zero-order chi connectivity index (χ0) is 20.4. The molecule has 0 saturated carbocycles. The third-order valence-electron chi connectivity index (χ3n) is 5.10. The summed E-state index contributed by atoms with van der Waals surface area (Å²) >= 11 is 0. The van der Waals surface area contributed by atoms with Crippen molar-refractivity contribution in [3.05, 3.63) is 29.8 Å². The van der Waals surface area contributed by atoms with Crippen molar-refractivity contribution in [1.29, 1.82) is 0 Å². The number of carbonyl (C=O) groups excluding carboxylic acids is 1. The molecular formula is C21H32N2O5. The minimum atomic E-state index is -0.748. The zero-order valence-electron chi connectivity index (χ0n) is 16.6. The van der Waals surface area contributed by atoms with Crippen LogP contribution in [0.1, 0.15) is 50.5 Å². The van der Waals surface area contributed by atoms with E-state index in [0.29, 0.717) is 25.9 Å². The van der Waals surface area contributed by atoms with Gasteiger partial charge in [-0.25, -0.2) is 4.79 Å². The fourth-order valence-corrected chi connectivity index (χ4v) is 3.41. The summed E-state index contributed by atoms with van der Waals surface area (Å²) in [6.45, 7) is 3.29. The van der Waals surface area contributed by atoms with Gasteiger partial charge in [-0.05, 0) is 37.8 Å². The van der Waals surface area contributed by atoms with Crippen LogP contribution in [0.4, 0.5) is 4.79 Å². The van der Waals surface area contributed by atoms with Gasteiger partial charge in [-0.1, -0.05) is 37.5 Å². The van der Waals surface area contributed by atoms with Crippen LogP contribution in [-0.4, -0.2) is 59.0 Å². The van der Waals surface area contributed by atoms with Crippen LogP contribution in [0.2, 0.25) is 0 Å². The molecule has 1 saturated heterocycles.